The molecule has 0 bridgehead atoms. The highest BCUT2D eigenvalue weighted by Crippen LogP contribution is 2.17. The molecule has 3 heterocycles. The molecule has 1 aromatic carbocycles. The number of hydrogen-bond acceptors (Lipinski definition) is 3. The van der Waals surface area contributed by atoms with Crippen LogP contribution in [-0.2, 0) is 19.4 Å². The largest absolute Gasteiger partial charge is 0.361 e. The number of aromatic nitrogens is 4. The number of carbonyl (C=O) groups excluding carboxylic acids is 1. The molecule has 6 nitrogen and oxygen atoms in total. The van der Waals surface area contributed by atoms with Crippen molar-refractivity contribution in [1.82, 2.24) is 25.1 Å². The molecule has 0 saturated heterocycles. The zero-order valence-electron chi connectivity index (χ0n) is 13.0. The van der Waals surface area contributed by atoms with Gasteiger partial charge in [-0.05, 0) is 30.0 Å². The zero-order valence-corrected chi connectivity index (χ0v) is 13.0. The molecule has 0 unspecified atom stereocenters. The van der Waals surface area contributed by atoms with Crippen LogP contribution in [0.3, 0.4) is 0 Å². The number of carbonyl (C=O) groups is 1. The summed E-state index contributed by atoms with van der Waals surface area (Å²) < 4.78 is 2.14. The average Bonchev–Trinajstić information content (AvgIpc) is 3.20. The van der Waals surface area contributed by atoms with Crippen LogP contribution in [0.4, 0.5) is 0 Å². The molecule has 2 N–H and O–H groups in total. The molecule has 0 spiro atoms. The maximum Gasteiger partial charge on any atom is 0.251 e. The van der Waals surface area contributed by atoms with E-state index in [1.54, 1.807) is 0 Å². The van der Waals surface area contributed by atoms with Crippen LogP contribution < -0.4 is 5.32 Å². The molecule has 1 aliphatic heterocycles. The van der Waals surface area contributed by atoms with E-state index in [2.05, 4.69) is 32.0 Å². The average molecular weight is 309 g/mol. The predicted octanol–water partition coefficient (Wildman–Crippen LogP) is 2.07. The summed E-state index contributed by atoms with van der Waals surface area (Å²) >= 11 is 0. The van der Waals surface area contributed by atoms with Crippen LogP contribution in [0.5, 0.6) is 0 Å². The normalized spacial score (nSPS) is 17.2. The third-order valence-electron chi connectivity index (χ3n) is 4.49. The number of benzene rings is 1. The second-order valence-electron chi connectivity index (χ2n) is 5.99. The molecule has 0 radical (unpaired) electrons. The van der Waals surface area contributed by atoms with E-state index in [9.17, 15) is 4.79 Å². The minimum absolute atomic E-state index is 0.0268. The van der Waals surface area contributed by atoms with Crippen LogP contribution >= 0.6 is 0 Å². The van der Waals surface area contributed by atoms with Crippen molar-refractivity contribution in [1.29, 1.82) is 0 Å². The molecule has 23 heavy (non-hydrogen) atoms. The third-order valence-corrected chi connectivity index (χ3v) is 4.49. The van der Waals surface area contributed by atoms with Crippen molar-refractivity contribution in [2.75, 3.05) is 0 Å². The molecule has 3 aromatic rings. The SMILES string of the molecule is CCc1nnc2n1C[C@H](NC(=O)c1ccc3cc[nH]c3c1)CC2. The molecule has 118 valence electrons. The number of nitrogens with zero attached hydrogens (tertiary/aromatic N) is 3. The van der Waals surface area contributed by atoms with Crippen LogP contribution in [0.1, 0.15) is 35.4 Å². The second kappa shape index (κ2) is 5.53. The molecular formula is C17H19N5O. The predicted molar refractivity (Wildman–Crippen MR) is 87.3 cm³/mol. The highest BCUT2D eigenvalue weighted by molar-refractivity contribution is 5.98. The molecule has 4 rings (SSSR count). The van der Waals surface area contributed by atoms with E-state index in [1.807, 2.05) is 30.5 Å². The van der Waals surface area contributed by atoms with Crippen molar-refractivity contribution in [2.24, 2.45) is 0 Å². The number of amides is 1. The minimum atomic E-state index is -0.0268. The zero-order chi connectivity index (χ0) is 15.8. The number of H-pyrrole nitrogens is 1. The molecule has 0 saturated carbocycles. The first kappa shape index (κ1) is 14.0. The van der Waals surface area contributed by atoms with Gasteiger partial charge < -0.3 is 14.9 Å². The van der Waals surface area contributed by atoms with Crippen molar-refractivity contribution in [2.45, 2.75) is 38.8 Å². The number of nitrogens with one attached hydrogen (secondary N) is 2. The van der Waals surface area contributed by atoms with Gasteiger partial charge in [-0.15, -0.1) is 10.2 Å². The van der Waals surface area contributed by atoms with Gasteiger partial charge >= 0.3 is 0 Å². The Labute approximate surface area is 133 Å². The Kier molecular flexibility index (Phi) is 3.37. The molecular weight excluding hydrogens is 290 g/mol. The van der Waals surface area contributed by atoms with Gasteiger partial charge in [-0.3, -0.25) is 4.79 Å². The minimum Gasteiger partial charge on any atom is -0.361 e. The van der Waals surface area contributed by atoms with Crippen molar-refractivity contribution >= 4 is 16.8 Å². The van der Waals surface area contributed by atoms with Gasteiger partial charge in [-0.25, -0.2) is 0 Å². The fourth-order valence-corrected chi connectivity index (χ4v) is 3.22. The maximum absolute atomic E-state index is 12.5. The lowest BCUT2D eigenvalue weighted by Gasteiger charge is -2.25. The van der Waals surface area contributed by atoms with Crippen LogP contribution in [0.25, 0.3) is 10.9 Å². The summed E-state index contributed by atoms with van der Waals surface area (Å²) in [7, 11) is 0. The van der Waals surface area contributed by atoms with Gasteiger partial charge in [0.25, 0.3) is 5.91 Å². The second-order valence-corrected chi connectivity index (χ2v) is 5.99. The van der Waals surface area contributed by atoms with E-state index >= 15 is 0 Å². The lowest BCUT2D eigenvalue weighted by Crippen LogP contribution is -2.41. The van der Waals surface area contributed by atoms with Gasteiger partial charge in [0, 0.05) is 42.7 Å². The Hall–Kier alpha value is -2.63. The number of rotatable bonds is 3. The molecule has 1 amide bonds. The van der Waals surface area contributed by atoms with Gasteiger partial charge in [0.05, 0.1) is 0 Å². The summed E-state index contributed by atoms with van der Waals surface area (Å²) in [5.74, 6) is 1.99. The summed E-state index contributed by atoms with van der Waals surface area (Å²) in [5.41, 5.74) is 1.67. The van der Waals surface area contributed by atoms with Gasteiger partial charge in [0.15, 0.2) is 0 Å². The van der Waals surface area contributed by atoms with E-state index < -0.39 is 0 Å². The van der Waals surface area contributed by atoms with E-state index in [0.29, 0.717) is 5.56 Å². The summed E-state index contributed by atoms with van der Waals surface area (Å²) in [5, 5.41) is 12.7. The van der Waals surface area contributed by atoms with E-state index in [-0.39, 0.29) is 11.9 Å². The first-order chi connectivity index (χ1) is 11.2. The fourth-order valence-electron chi connectivity index (χ4n) is 3.22. The Balaban J connectivity index is 1.50. The van der Waals surface area contributed by atoms with Crippen LogP contribution in [0, 0.1) is 0 Å². The first-order valence-corrected chi connectivity index (χ1v) is 8.03. The van der Waals surface area contributed by atoms with Gasteiger partial charge in [0.2, 0.25) is 0 Å². The first-order valence-electron chi connectivity index (χ1n) is 8.03. The summed E-state index contributed by atoms with van der Waals surface area (Å²) in [6.45, 7) is 2.83. The fraction of sp³-hybridized carbons (Fsp3) is 0.353. The third kappa shape index (κ3) is 2.50. The number of aryl methyl sites for hydroxylation is 2. The van der Waals surface area contributed by atoms with Crippen molar-refractivity contribution in [3.8, 4) is 0 Å². The Morgan fingerprint density at radius 1 is 1.39 bits per heavy atom. The standard InChI is InChI=1S/C17H19N5O/c1-2-15-20-21-16-6-5-13(10-22(15)16)19-17(23)12-4-3-11-7-8-18-14(11)9-12/h3-4,7-9,13,18H,2,5-6,10H2,1H3,(H,19,23)/t13-/m1/s1. The van der Waals surface area contributed by atoms with E-state index in [4.69, 9.17) is 0 Å². The Morgan fingerprint density at radius 3 is 3.17 bits per heavy atom. The number of hydrogen-bond donors (Lipinski definition) is 2. The summed E-state index contributed by atoms with van der Waals surface area (Å²) in [6.07, 6.45) is 4.50. The van der Waals surface area contributed by atoms with Crippen molar-refractivity contribution in [3.05, 3.63) is 47.7 Å². The molecule has 0 fully saturated rings. The van der Waals surface area contributed by atoms with E-state index in [0.717, 1.165) is 48.4 Å². The molecule has 6 heteroatoms. The van der Waals surface area contributed by atoms with Gasteiger partial charge in [-0.1, -0.05) is 13.0 Å². The summed E-state index contributed by atoms with van der Waals surface area (Å²) in [4.78, 5) is 15.7. The quantitative estimate of drug-likeness (QED) is 0.777. The Bertz CT molecular complexity index is 849. The molecule has 0 aliphatic carbocycles. The summed E-state index contributed by atoms with van der Waals surface area (Å²) in [6, 6.07) is 7.85. The highest BCUT2D eigenvalue weighted by atomic mass is 16.1. The topological polar surface area (TPSA) is 75.6 Å². The van der Waals surface area contributed by atoms with Gasteiger partial charge in [-0.2, -0.15) is 0 Å². The molecule has 1 aliphatic rings. The lowest BCUT2D eigenvalue weighted by atomic mass is 10.1. The van der Waals surface area contributed by atoms with Crippen LogP contribution in [0.2, 0.25) is 0 Å². The maximum atomic E-state index is 12.5. The van der Waals surface area contributed by atoms with Crippen LogP contribution in [-0.4, -0.2) is 31.7 Å². The van der Waals surface area contributed by atoms with Crippen LogP contribution in [0.15, 0.2) is 30.5 Å². The Morgan fingerprint density at radius 2 is 2.30 bits per heavy atom. The van der Waals surface area contributed by atoms with Crippen molar-refractivity contribution in [3.63, 3.8) is 0 Å². The monoisotopic (exact) mass is 309 g/mol. The molecule has 2 aromatic heterocycles. The smallest absolute Gasteiger partial charge is 0.251 e. The highest BCUT2D eigenvalue weighted by Gasteiger charge is 2.23. The van der Waals surface area contributed by atoms with Crippen molar-refractivity contribution < 1.29 is 4.79 Å². The number of aromatic amines is 1. The number of fused-ring (bicyclic) bond motifs is 2. The lowest BCUT2D eigenvalue weighted by molar-refractivity contribution is 0.0927. The van der Waals surface area contributed by atoms with Gasteiger partial charge in [0.1, 0.15) is 11.6 Å². The van der Waals surface area contributed by atoms with E-state index in [1.165, 1.54) is 0 Å². The molecule has 1 atom stereocenters.